The molecule has 1 N–H and O–H groups in total. The van der Waals surface area contributed by atoms with Crippen molar-refractivity contribution in [2.45, 2.75) is 25.7 Å². The zero-order chi connectivity index (χ0) is 17.6. The van der Waals surface area contributed by atoms with Crippen LogP contribution < -0.4 is 4.74 Å². The Morgan fingerprint density at radius 1 is 1.21 bits per heavy atom. The van der Waals surface area contributed by atoms with Gasteiger partial charge in [-0.05, 0) is 25.5 Å². The van der Waals surface area contributed by atoms with Crippen molar-refractivity contribution >= 4 is 5.97 Å². The summed E-state index contributed by atoms with van der Waals surface area (Å²) in [6.45, 7) is 4.53. The SMILES string of the molecule is COCCCOc1cnc(-c2cccc(C(C)(C)C(=O)O)c2)nc1. The van der Waals surface area contributed by atoms with Gasteiger partial charge in [0.1, 0.15) is 0 Å². The fraction of sp³-hybridized carbons (Fsp3) is 0.389. The molecule has 128 valence electrons. The summed E-state index contributed by atoms with van der Waals surface area (Å²) < 4.78 is 10.5. The van der Waals surface area contributed by atoms with Gasteiger partial charge in [0.25, 0.3) is 0 Å². The van der Waals surface area contributed by atoms with Crippen LogP contribution in [0.5, 0.6) is 5.75 Å². The summed E-state index contributed by atoms with van der Waals surface area (Å²) in [5.74, 6) is 0.250. The van der Waals surface area contributed by atoms with Crippen LogP contribution in [0.25, 0.3) is 11.4 Å². The fourth-order valence-corrected chi connectivity index (χ4v) is 2.10. The first kappa shape index (κ1) is 17.9. The van der Waals surface area contributed by atoms with Gasteiger partial charge in [0.15, 0.2) is 11.6 Å². The lowest BCUT2D eigenvalue weighted by Crippen LogP contribution is -2.28. The van der Waals surface area contributed by atoms with E-state index in [0.29, 0.717) is 30.4 Å². The Balaban J connectivity index is 2.13. The standard InChI is InChI=1S/C18H22N2O4/c1-18(2,17(21)22)14-7-4-6-13(10-14)16-19-11-15(12-20-16)24-9-5-8-23-3/h4,6-7,10-12H,5,8-9H2,1-3H3,(H,21,22). The maximum absolute atomic E-state index is 11.4. The number of hydrogen-bond donors (Lipinski definition) is 1. The van der Waals surface area contributed by atoms with Gasteiger partial charge in [-0.1, -0.05) is 18.2 Å². The zero-order valence-electron chi connectivity index (χ0n) is 14.2. The Bertz CT molecular complexity index is 684. The second-order valence-corrected chi connectivity index (χ2v) is 5.95. The number of rotatable bonds is 8. The van der Waals surface area contributed by atoms with Crippen LogP contribution in [0.4, 0.5) is 0 Å². The van der Waals surface area contributed by atoms with Gasteiger partial charge in [-0.25, -0.2) is 9.97 Å². The van der Waals surface area contributed by atoms with E-state index < -0.39 is 11.4 Å². The first-order chi connectivity index (χ1) is 11.4. The minimum atomic E-state index is -0.972. The molecule has 0 unspecified atom stereocenters. The van der Waals surface area contributed by atoms with Crippen molar-refractivity contribution in [3.63, 3.8) is 0 Å². The summed E-state index contributed by atoms with van der Waals surface area (Å²) >= 11 is 0. The molecule has 1 heterocycles. The van der Waals surface area contributed by atoms with E-state index in [0.717, 1.165) is 12.0 Å². The third kappa shape index (κ3) is 4.29. The van der Waals surface area contributed by atoms with Crippen molar-refractivity contribution in [2.75, 3.05) is 20.3 Å². The van der Waals surface area contributed by atoms with Crippen LogP contribution >= 0.6 is 0 Å². The summed E-state index contributed by atoms with van der Waals surface area (Å²) in [6, 6.07) is 7.28. The molecule has 0 atom stereocenters. The molecule has 0 bridgehead atoms. The van der Waals surface area contributed by atoms with Gasteiger partial charge in [-0.15, -0.1) is 0 Å². The maximum atomic E-state index is 11.4. The smallest absolute Gasteiger partial charge is 0.313 e. The van der Waals surface area contributed by atoms with Crippen molar-refractivity contribution in [2.24, 2.45) is 0 Å². The Labute approximate surface area is 141 Å². The number of nitrogens with zero attached hydrogens (tertiary/aromatic N) is 2. The van der Waals surface area contributed by atoms with Gasteiger partial charge in [-0.3, -0.25) is 4.79 Å². The number of carbonyl (C=O) groups is 1. The predicted octanol–water partition coefficient (Wildman–Crippen LogP) is 2.92. The third-order valence-corrected chi connectivity index (χ3v) is 3.77. The van der Waals surface area contributed by atoms with Crippen LogP contribution in [0.15, 0.2) is 36.7 Å². The fourth-order valence-electron chi connectivity index (χ4n) is 2.10. The van der Waals surface area contributed by atoms with E-state index in [1.54, 1.807) is 39.4 Å². The Hall–Kier alpha value is -2.47. The van der Waals surface area contributed by atoms with E-state index in [-0.39, 0.29) is 0 Å². The molecule has 24 heavy (non-hydrogen) atoms. The van der Waals surface area contributed by atoms with Gasteiger partial charge in [0.2, 0.25) is 0 Å². The van der Waals surface area contributed by atoms with Crippen molar-refractivity contribution < 1.29 is 19.4 Å². The number of aliphatic carboxylic acids is 1. The van der Waals surface area contributed by atoms with E-state index in [9.17, 15) is 9.90 Å². The van der Waals surface area contributed by atoms with Gasteiger partial charge < -0.3 is 14.6 Å². The van der Waals surface area contributed by atoms with Gasteiger partial charge >= 0.3 is 5.97 Å². The molecule has 0 fully saturated rings. The number of benzene rings is 1. The normalized spacial score (nSPS) is 11.3. The topological polar surface area (TPSA) is 81.5 Å². The number of hydrogen-bond acceptors (Lipinski definition) is 5. The van der Waals surface area contributed by atoms with Crippen LogP contribution in [0.2, 0.25) is 0 Å². The predicted molar refractivity (Wildman–Crippen MR) is 90.1 cm³/mol. The van der Waals surface area contributed by atoms with Crippen molar-refractivity contribution in [1.29, 1.82) is 0 Å². The maximum Gasteiger partial charge on any atom is 0.313 e. The molecule has 6 heteroatoms. The molecule has 2 aromatic rings. The molecular weight excluding hydrogens is 308 g/mol. The number of carboxylic acid groups (broad SMARTS) is 1. The second kappa shape index (κ2) is 7.88. The largest absolute Gasteiger partial charge is 0.490 e. The highest BCUT2D eigenvalue weighted by atomic mass is 16.5. The zero-order valence-corrected chi connectivity index (χ0v) is 14.2. The molecule has 0 spiro atoms. The van der Waals surface area contributed by atoms with Crippen LogP contribution in [-0.4, -0.2) is 41.4 Å². The Kier molecular flexibility index (Phi) is 5.87. The molecule has 1 aromatic carbocycles. The van der Waals surface area contributed by atoms with E-state index in [1.807, 2.05) is 18.2 Å². The molecule has 0 aliphatic heterocycles. The lowest BCUT2D eigenvalue weighted by atomic mass is 9.84. The summed E-state index contributed by atoms with van der Waals surface area (Å²) in [4.78, 5) is 20.0. The first-order valence-electron chi connectivity index (χ1n) is 7.73. The Morgan fingerprint density at radius 2 is 1.92 bits per heavy atom. The number of ether oxygens (including phenoxy) is 2. The molecule has 1 aromatic heterocycles. The highest BCUT2D eigenvalue weighted by Gasteiger charge is 2.29. The molecule has 0 saturated carbocycles. The number of aromatic nitrogens is 2. The van der Waals surface area contributed by atoms with Gasteiger partial charge in [0.05, 0.1) is 24.4 Å². The molecular formula is C18H22N2O4. The average Bonchev–Trinajstić information content (AvgIpc) is 2.59. The van der Waals surface area contributed by atoms with Gasteiger partial charge in [-0.2, -0.15) is 0 Å². The molecule has 0 aliphatic carbocycles. The summed E-state index contributed by atoms with van der Waals surface area (Å²) in [5.41, 5.74) is 0.504. The van der Waals surface area contributed by atoms with Crippen LogP contribution in [0, 0.1) is 0 Å². The quantitative estimate of drug-likeness (QED) is 0.750. The number of carboxylic acids is 1. The first-order valence-corrected chi connectivity index (χ1v) is 7.73. The summed E-state index contributed by atoms with van der Waals surface area (Å²) in [6.07, 6.45) is 4.03. The highest BCUT2D eigenvalue weighted by molar-refractivity contribution is 5.80. The van der Waals surface area contributed by atoms with E-state index in [1.165, 1.54) is 0 Å². The monoisotopic (exact) mass is 330 g/mol. The summed E-state index contributed by atoms with van der Waals surface area (Å²) in [7, 11) is 1.65. The Morgan fingerprint density at radius 3 is 2.54 bits per heavy atom. The van der Waals surface area contributed by atoms with Gasteiger partial charge in [0, 0.05) is 25.7 Å². The van der Waals surface area contributed by atoms with Crippen LogP contribution in [0.1, 0.15) is 25.8 Å². The van der Waals surface area contributed by atoms with Crippen molar-refractivity contribution in [3.05, 3.63) is 42.2 Å². The van der Waals surface area contributed by atoms with Crippen LogP contribution in [-0.2, 0) is 14.9 Å². The highest BCUT2D eigenvalue weighted by Crippen LogP contribution is 2.27. The second-order valence-electron chi connectivity index (χ2n) is 5.95. The van der Waals surface area contributed by atoms with Crippen molar-refractivity contribution in [1.82, 2.24) is 9.97 Å². The lowest BCUT2D eigenvalue weighted by molar-refractivity contribution is -0.142. The molecule has 6 nitrogen and oxygen atoms in total. The average molecular weight is 330 g/mol. The van der Waals surface area contributed by atoms with Crippen molar-refractivity contribution in [3.8, 4) is 17.1 Å². The van der Waals surface area contributed by atoms with E-state index in [4.69, 9.17) is 9.47 Å². The molecule has 0 aliphatic rings. The summed E-state index contributed by atoms with van der Waals surface area (Å²) in [5, 5.41) is 9.36. The van der Waals surface area contributed by atoms with E-state index in [2.05, 4.69) is 9.97 Å². The molecule has 2 rings (SSSR count). The third-order valence-electron chi connectivity index (χ3n) is 3.77. The lowest BCUT2D eigenvalue weighted by Gasteiger charge is -2.20. The minimum Gasteiger partial charge on any atom is -0.490 e. The molecule has 0 radical (unpaired) electrons. The molecule has 0 saturated heterocycles. The minimum absolute atomic E-state index is 0.530. The number of methoxy groups -OCH3 is 1. The molecule has 0 amide bonds. The van der Waals surface area contributed by atoms with E-state index >= 15 is 0 Å². The van der Waals surface area contributed by atoms with Crippen LogP contribution in [0.3, 0.4) is 0 Å².